The third-order valence-corrected chi connectivity index (χ3v) is 4.06. The molecule has 2 N–H and O–H groups in total. The van der Waals surface area contributed by atoms with Crippen molar-refractivity contribution in [3.8, 4) is 5.75 Å². The molecule has 0 fully saturated rings. The summed E-state index contributed by atoms with van der Waals surface area (Å²) in [6.45, 7) is 0.153. The van der Waals surface area contributed by atoms with E-state index in [0.29, 0.717) is 22.6 Å². The van der Waals surface area contributed by atoms with Crippen molar-refractivity contribution in [1.82, 2.24) is 0 Å². The van der Waals surface area contributed by atoms with Gasteiger partial charge in [-0.15, -0.1) is 0 Å². The van der Waals surface area contributed by atoms with Gasteiger partial charge in [-0.1, -0.05) is 15.9 Å². The molecule has 2 aromatic carbocycles. The molecule has 0 spiro atoms. The molecule has 0 saturated carbocycles. The van der Waals surface area contributed by atoms with Gasteiger partial charge in [0.25, 0.3) is 0 Å². The van der Waals surface area contributed by atoms with Crippen molar-refractivity contribution in [1.29, 1.82) is 0 Å². The molecule has 0 aliphatic carbocycles. The standard InChI is InChI=1S/C17H16BrNO5/c1-22-16(20)10-3-5-13(18)12(7-10)9-24-15-8-11(17(21)23-2)4-6-14(15)19/h3-8H,9,19H2,1-2H3. The Hall–Kier alpha value is -2.54. The van der Waals surface area contributed by atoms with Crippen LogP contribution >= 0.6 is 15.9 Å². The number of rotatable bonds is 5. The lowest BCUT2D eigenvalue weighted by molar-refractivity contribution is 0.0591. The van der Waals surface area contributed by atoms with Gasteiger partial charge in [0, 0.05) is 10.0 Å². The Kier molecular flexibility index (Phi) is 5.81. The molecule has 0 amide bonds. The highest BCUT2D eigenvalue weighted by atomic mass is 79.9. The van der Waals surface area contributed by atoms with E-state index in [1.54, 1.807) is 30.3 Å². The maximum Gasteiger partial charge on any atom is 0.337 e. The van der Waals surface area contributed by atoms with E-state index in [1.807, 2.05) is 0 Å². The third-order valence-electron chi connectivity index (χ3n) is 3.28. The van der Waals surface area contributed by atoms with E-state index in [1.165, 1.54) is 20.3 Å². The lowest BCUT2D eigenvalue weighted by atomic mass is 10.1. The van der Waals surface area contributed by atoms with Crippen LogP contribution in [0.25, 0.3) is 0 Å². The highest BCUT2D eigenvalue weighted by molar-refractivity contribution is 9.10. The average molecular weight is 394 g/mol. The molecule has 0 aromatic heterocycles. The van der Waals surface area contributed by atoms with Gasteiger partial charge in [-0.05, 0) is 36.4 Å². The minimum absolute atomic E-state index is 0.153. The predicted octanol–water partition coefficient (Wildman–Crippen LogP) is 3.18. The molecule has 0 aliphatic heterocycles. The second kappa shape index (κ2) is 7.83. The van der Waals surface area contributed by atoms with Gasteiger partial charge in [-0.3, -0.25) is 0 Å². The van der Waals surface area contributed by atoms with Crippen LogP contribution in [0.2, 0.25) is 0 Å². The highest BCUT2D eigenvalue weighted by Gasteiger charge is 2.12. The average Bonchev–Trinajstić information content (AvgIpc) is 2.60. The number of carbonyl (C=O) groups excluding carboxylic acids is 2. The zero-order valence-corrected chi connectivity index (χ0v) is 14.8. The zero-order valence-electron chi connectivity index (χ0n) is 13.2. The molecule has 0 saturated heterocycles. The Morgan fingerprint density at radius 2 is 1.58 bits per heavy atom. The minimum atomic E-state index is -0.478. The summed E-state index contributed by atoms with van der Waals surface area (Å²) in [6, 6.07) is 9.68. The largest absolute Gasteiger partial charge is 0.487 e. The third kappa shape index (κ3) is 4.05. The molecule has 126 valence electrons. The molecule has 0 heterocycles. The van der Waals surface area contributed by atoms with Crippen LogP contribution < -0.4 is 10.5 Å². The summed E-state index contributed by atoms with van der Waals surface area (Å²) >= 11 is 3.40. The summed E-state index contributed by atoms with van der Waals surface area (Å²) in [6.07, 6.45) is 0. The molecule has 7 heteroatoms. The van der Waals surface area contributed by atoms with E-state index >= 15 is 0 Å². The fourth-order valence-electron chi connectivity index (χ4n) is 1.99. The zero-order chi connectivity index (χ0) is 17.7. The van der Waals surface area contributed by atoms with Crippen molar-refractivity contribution >= 4 is 33.6 Å². The number of anilines is 1. The summed E-state index contributed by atoms with van der Waals surface area (Å²) in [4.78, 5) is 23.2. The van der Waals surface area contributed by atoms with Gasteiger partial charge in [0.2, 0.25) is 0 Å². The first-order chi connectivity index (χ1) is 11.5. The summed E-state index contributed by atoms with van der Waals surface area (Å²) < 4.78 is 15.8. The van der Waals surface area contributed by atoms with Crippen LogP contribution in [-0.4, -0.2) is 26.2 Å². The second-order valence-electron chi connectivity index (χ2n) is 4.83. The van der Waals surface area contributed by atoms with E-state index in [2.05, 4.69) is 20.7 Å². The Morgan fingerprint density at radius 1 is 1.00 bits per heavy atom. The number of halogens is 1. The van der Waals surface area contributed by atoms with Crippen LogP contribution in [0, 0.1) is 0 Å². The number of methoxy groups -OCH3 is 2. The number of nitrogen functional groups attached to an aromatic ring is 1. The summed E-state index contributed by atoms with van der Waals surface area (Å²) in [5.74, 6) is -0.557. The van der Waals surface area contributed by atoms with Gasteiger partial charge in [0.15, 0.2) is 0 Å². The van der Waals surface area contributed by atoms with Crippen LogP contribution in [0.4, 0.5) is 5.69 Å². The van der Waals surface area contributed by atoms with E-state index in [-0.39, 0.29) is 6.61 Å². The van der Waals surface area contributed by atoms with Crippen molar-refractivity contribution in [3.63, 3.8) is 0 Å². The van der Waals surface area contributed by atoms with Gasteiger partial charge < -0.3 is 19.9 Å². The maximum absolute atomic E-state index is 11.6. The number of carbonyl (C=O) groups is 2. The molecular formula is C17H16BrNO5. The van der Waals surface area contributed by atoms with Crippen LogP contribution in [0.3, 0.4) is 0 Å². The van der Waals surface area contributed by atoms with E-state index in [9.17, 15) is 9.59 Å². The topological polar surface area (TPSA) is 87.8 Å². The number of ether oxygens (including phenoxy) is 3. The quantitative estimate of drug-likeness (QED) is 0.619. The molecule has 0 aliphatic rings. The number of hydrogen-bond acceptors (Lipinski definition) is 6. The number of hydrogen-bond donors (Lipinski definition) is 1. The van der Waals surface area contributed by atoms with Crippen molar-refractivity contribution in [3.05, 3.63) is 57.6 Å². The van der Waals surface area contributed by atoms with Gasteiger partial charge in [0.1, 0.15) is 12.4 Å². The van der Waals surface area contributed by atoms with Crippen molar-refractivity contribution in [2.45, 2.75) is 6.61 Å². The van der Waals surface area contributed by atoms with Crippen molar-refractivity contribution in [2.75, 3.05) is 20.0 Å². The van der Waals surface area contributed by atoms with Gasteiger partial charge in [-0.25, -0.2) is 9.59 Å². The number of esters is 2. The normalized spacial score (nSPS) is 10.1. The van der Waals surface area contributed by atoms with Crippen molar-refractivity contribution in [2.24, 2.45) is 0 Å². The van der Waals surface area contributed by atoms with Crippen LogP contribution in [-0.2, 0) is 16.1 Å². The van der Waals surface area contributed by atoms with Gasteiger partial charge in [0.05, 0.1) is 31.0 Å². The fraction of sp³-hybridized carbons (Fsp3) is 0.176. The molecule has 0 unspecified atom stereocenters. The van der Waals surface area contributed by atoms with Crippen LogP contribution in [0.1, 0.15) is 26.3 Å². The Balaban J connectivity index is 2.22. The van der Waals surface area contributed by atoms with Gasteiger partial charge in [-0.2, -0.15) is 0 Å². The molecule has 24 heavy (non-hydrogen) atoms. The van der Waals surface area contributed by atoms with Crippen LogP contribution in [0.15, 0.2) is 40.9 Å². The fourth-order valence-corrected chi connectivity index (χ4v) is 2.35. The van der Waals surface area contributed by atoms with Crippen molar-refractivity contribution < 1.29 is 23.8 Å². The molecule has 0 bridgehead atoms. The molecule has 0 radical (unpaired) electrons. The first-order valence-electron chi connectivity index (χ1n) is 6.93. The predicted molar refractivity (Wildman–Crippen MR) is 92.0 cm³/mol. The smallest absolute Gasteiger partial charge is 0.337 e. The monoisotopic (exact) mass is 393 g/mol. The van der Waals surface area contributed by atoms with Crippen LogP contribution in [0.5, 0.6) is 5.75 Å². The highest BCUT2D eigenvalue weighted by Crippen LogP contribution is 2.26. The van der Waals surface area contributed by atoms with E-state index < -0.39 is 11.9 Å². The Morgan fingerprint density at radius 3 is 2.21 bits per heavy atom. The lowest BCUT2D eigenvalue weighted by Crippen LogP contribution is -2.06. The number of nitrogens with two attached hydrogens (primary N) is 1. The first kappa shape index (κ1) is 17.8. The Labute approximate surface area is 147 Å². The summed E-state index contributed by atoms with van der Waals surface area (Å²) in [5, 5.41) is 0. The SMILES string of the molecule is COC(=O)c1ccc(Br)c(COc2cc(C(=O)OC)ccc2N)c1. The van der Waals surface area contributed by atoms with Gasteiger partial charge >= 0.3 is 11.9 Å². The minimum Gasteiger partial charge on any atom is -0.487 e. The molecular weight excluding hydrogens is 378 g/mol. The molecule has 0 atom stereocenters. The summed E-state index contributed by atoms with van der Waals surface area (Å²) in [5.41, 5.74) is 7.75. The first-order valence-corrected chi connectivity index (χ1v) is 7.73. The Bertz CT molecular complexity index is 710. The lowest BCUT2D eigenvalue weighted by Gasteiger charge is -2.12. The number of benzene rings is 2. The molecule has 2 rings (SSSR count). The maximum atomic E-state index is 11.6. The summed E-state index contributed by atoms with van der Waals surface area (Å²) in [7, 11) is 2.62. The second-order valence-corrected chi connectivity index (χ2v) is 5.68. The molecule has 2 aromatic rings. The van der Waals surface area contributed by atoms with E-state index in [0.717, 1.165) is 10.0 Å². The molecule has 6 nitrogen and oxygen atoms in total. The van der Waals surface area contributed by atoms with E-state index in [4.69, 9.17) is 15.2 Å².